The predicted octanol–water partition coefficient (Wildman–Crippen LogP) is 14.5. The first-order valence-corrected chi connectivity index (χ1v) is 22.4. The minimum absolute atomic E-state index is 0.0551. The summed E-state index contributed by atoms with van der Waals surface area (Å²) in [6.45, 7) is 2.30. The second-order valence-electron chi connectivity index (χ2n) is 15.9. The van der Waals surface area contributed by atoms with Crippen LogP contribution in [0.3, 0.4) is 0 Å². The Morgan fingerprint density at radius 3 is 1.73 bits per heavy atom. The molecule has 0 aromatic heterocycles. The van der Waals surface area contributed by atoms with Crippen LogP contribution in [0.2, 0.25) is 0 Å². The summed E-state index contributed by atoms with van der Waals surface area (Å²) in [4.78, 5) is 18.7. The predicted molar refractivity (Wildman–Crippen MR) is 249 cm³/mol. The molecule has 0 N–H and O–H groups in total. The van der Waals surface area contributed by atoms with Crippen LogP contribution < -0.4 is 4.90 Å². The largest absolute Gasteiger partial charge is 0.308 e. The van der Waals surface area contributed by atoms with Gasteiger partial charge in [-0.2, -0.15) is 0 Å². The van der Waals surface area contributed by atoms with Gasteiger partial charge in [0, 0.05) is 36.8 Å². The third kappa shape index (κ3) is 5.25. The highest BCUT2D eigenvalue weighted by Gasteiger charge is 2.51. The first-order chi connectivity index (χ1) is 29.7. The molecule has 0 radical (unpaired) electrons. The maximum atomic E-state index is 5.66. The molecule has 60 heavy (non-hydrogen) atoms. The molecule has 0 fully saturated rings. The lowest BCUT2D eigenvalue weighted by molar-refractivity contribution is 0.523. The van der Waals surface area contributed by atoms with E-state index in [-0.39, 0.29) is 12.0 Å². The number of amidine groups is 1. The van der Waals surface area contributed by atoms with Gasteiger partial charge in [0.05, 0.1) is 28.5 Å². The highest BCUT2D eigenvalue weighted by molar-refractivity contribution is 8.00. The van der Waals surface area contributed by atoms with E-state index < -0.39 is 5.41 Å². The molecular formula is C55H39N3S2. The van der Waals surface area contributed by atoms with E-state index in [1.54, 1.807) is 0 Å². The van der Waals surface area contributed by atoms with Crippen LogP contribution in [0.15, 0.2) is 224 Å². The molecule has 2 atom stereocenters. The molecule has 12 rings (SSSR count). The number of anilines is 3. The normalized spacial score (nSPS) is 17.6. The van der Waals surface area contributed by atoms with Crippen molar-refractivity contribution in [3.8, 4) is 11.1 Å². The van der Waals surface area contributed by atoms with Gasteiger partial charge in [0.25, 0.3) is 0 Å². The summed E-state index contributed by atoms with van der Waals surface area (Å²) in [5.41, 5.74) is 15.6. The number of fused-ring (bicyclic) bond motifs is 11. The van der Waals surface area contributed by atoms with E-state index in [2.05, 4.69) is 206 Å². The van der Waals surface area contributed by atoms with E-state index in [0.29, 0.717) is 0 Å². The van der Waals surface area contributed by atoms with Crippen molar-refractivity contribution in [3.63, 3.8) is 0 Å². The highest BCUT2D eigenvalue weighted by Crippen LogP contribution is 2.63. The van der Waals surface area contributed by atoms with Crippen molar-refractivity contribution >= 4 is 52.1 Å². The zero-order chi connectivity index (χ0) is 39.8. The van der Waals surface area contributed by atoms with Crippen LogP contribution in [-0.4, -0.2) is 11.5 Å². The van der Waals surface area contributed by atoms with Gasteiger partial charge >= 0.3 is 0 Å². The third-order valence-corrected chi connectivity index (χ3v) is 15.1. The van der Waals surface area contributed by atoms with E-state index in [9.17, 15) is 0 Å². The Labute approximate surface area is 359 Å². The van der Waals surface area contributed by atoms with Crippen molar-refractivity contribution in [1.82, 2.24) is 0 Å². The summed E-state index contributed by atoms with van der Waals surface area (Å²) in [5.74, 6) is 0.838. The Bertz CT molecular complexity index is 2970. The molecule has 2 unspecified atom stereocenters. The Kier molecular flexibility index (Phi) is 8.36. The number of nitrogens with zero attached hydrogens (tertiary/aromatic N) is 3. The molecule has 8 aromatic carbocycles. The first-order valence-electron chi connectivity index (χ1n) is 20.8. The van der Waals surface area contributed by atoms with Gasteiger partial charge in [-0.1, -0.05) is 182 Å². The van der Waals surface area contributed by atoms with Gasteiger partial charge in [-0.25, -0.2) is 4.99 Å². The fourth-order valence-electron chi connectivity index (χ4n) is 10.2. The number of hydrogen-bond donors (Lipinski definition) is 0. The molecule has 1 aliphatic carbocycles. The molecule has 0 bridgehead atoms. The molecule has 0 amide bonds. The second-order valence-corrected chi connectivity index (χ2v) is 18.0. The SMILES string of the molecule is CCC1C(c2ccc(N3c4ccccc4Sc4ccccc43)cc2)=NC(c2ccccc2)=NC1c1cccc2c1Sc1ccccc1C21c2ccccc2-c2ccccc21. The van der Waals surface area contributed by atoms with E-state index >= 15 is 0 Å². The summed E-state index contributed by atoms with van der Waals surface area (Å²) in [7, 11) is 0. The smallest absolute Gasteiger partial charge is 0.155 e. The zero-order valence-electron chi connectivity index (χ0n) is 33.0. The second kappa shape index (κ2) is 14.1. The number of aliphatic imine (C=N–C) groups is 2. The van der Waals surface area contributed by atoms with Crippen LogP contribution in [0.25, 0.3) is 11.1 Å². The Balaban J connectivity index is 1.02. The van der Waals surface area contributed by atoms with Gasteiger partial charge in [0.15, 0.2) is 5.84 Å². The summed E-state index contributed by atoms with van der Waals surface area (Å²) in [6, 6.07) is 71.1. The molecule has 5 heteroatoms. The van der Waals surface area contributed by atoms with Gasteiger partial charge in [0.1, 0.15) is 0 Å². The lowest BCUT2D eigenvalue weighted by Crippen LogP contribution is -2.33. The summed E-state index contributed by atoms with van der Waals surface area (Å²) >= 11 is 3.75. The maximum absolute atomic E-state index is 5.66. The summed E-state index contributed by atoms with van der Waals surface area (Å²) in [5, 5.41) is 0. The number of para-hydroxylation sites is 2. The number of rotatable bonds is 5. The topological polar surface area (TPSA) is 28.0 Å². The van der Waals surface area contributed by atoms with Gasteiger partial charge in [-0.05, 0) is 93.4 Å². The van der Waals surface area contributed by atoms with Gasteiger partial charge < -0.3 is 4.90 Å². The first kappa shape index (κ1) is 35.5. The Morgan fingerprint density at radius 2 is 1.07 bits per heavy atom. The average molecular weight is 806 g/mol. The minimum Gasteiger partial charge on any atom is -0.308 e. The van der Waals surface area contributed by atoms with E-state index in [1.807, 2.05) is 23.5 Å². The number of benzene rings is 8. The summed E-state index contributed by atoms with van der Waals surface area (Å²) < 4.78 is 0. The molecule has 8 aromatic rings. The van der Waals surface area contributed by atoms with Crippen LogP contribution in [-0.2, 0) is 5.41 Å². The van der Waals surface area contributed by atoms with Crippen LogP contribution >= 0.6 is 23.5 Å². The van der Waals surface area contributed by atoms with Crippen LogP contribution in [0, 0.1) is 5.92 Å². The van der Waals surface area contributed by atoms with E-state index in [4.69, 9.17) is 9.98 Å². The van der Waals surface area contributed by atoms with E-state index in [0.717, 1.165) is 34.8 Å². The van der Waals surface area contributed by atoms with Crippen molar-refractivity contribution in [1.29, 1.82) is 0 Å². The van der Waals surface area contributed by atoms with Gasteiger partial charge in [-0.15, -0.1) is 0 Å². The molecule has 286 valence electrons. The quantitative estimate of drug-likeness (QED) is 0.173. The standard InChI is InChI=1S/C55H39N3S2/c1-2-38-51(35-31-33-37(34-32-35)58-46-26-11-14-29-49(46)59-50-30-15-12-27-47(50)58)56-54(36-17-4-3-5-18-36)57-52(38)41-21-16-25-45-53(41)60-48-28-13-10-24-44(48)55(45)42-22-8-6-19-39(42)40-20-7-9-23-43(40)55/h3-34,38,52H,2H2,1H3. The lowest BCUT2D eigenvalue weighted by atomic mass is 9.66. The monoisotopic (exact) mass is 805 g/mol. The van der Waals surface area contributed by atoms with E-state index in [1.165, 1.54) is 69.9 Å². The van der Waals surface area contributed by atoms with Crippen molar-refractivity contribution in [3.05, 3.63) is 233 Å². The minimum atomic E-state index is -0.445. The molecule has 3 nitrogen and oxygen atoms in total. The average Bonchev–Trinajstić information content (AvgIpc) is 3.61. The van der Waals surface area contributed by atoms with Crippen molar-refractivity contribution in [2.75, 3.05) is 4.90 Å². The molecule has 0 saturated heterocycles. The van der Waals surface area contributed by atoms with Crippen LogP contribution in [0.4, 0.5) is 17.1 Å². The third-order valence-electron chi connectivity index (χ3n) is 12.8. The van der Waals surface area contributed by atoms with Gasteiger partial charge in [-0.3, -0.25) is 4.99 Å². The fourth-order valence-corrected chi connectivity index (χ4v) is 12.6. The van der Waals surface area contributed by atoms with Crippen molar-refractivity contribution in [2.45, 2.75) is 44.4 Å². The Morgan fingerprint density at radius 1 is 0.500 bits per heavy atom. The summed E-state index contributed by atoms with van der Waals surface area (Å²) in [6.07, 6.45) is 0.892. The maximum Gasteiger partial charge on any atom is 0.155 e. The van der Waals surface area contributed by atoms with Crippen molar-refractivity contribution in [2.24, 2.45) is 15.9 Å². The highest BCUT2D eigenvalue weighted by atomic mass is 32.2. The molecule has 4 aliphatic rings. The molecule has 3 heterocycles. The van der Waals surface area contributed by atoms with Crippen LogP contribution in [0.5, 0.6) is 0 Å². The van der Waals surface area contributed by atoms with Gasteiger partial charge in [0.2, 0.25) is 0 Å². The number of hydrogen-bond acceptors (Lipinski definition) is 5. The lowest BCUT2D eigenvalue weighted by Gasteiger charge is -2.41. The zero-order valence-corrected chi connectivity index (χ0v) is 34.6. The fraction of sp³-hybridized carbons (Fsp3) is 0.0909. The van der Waals surface area contributed by atoms with Crippen LogP contribution in [0.1, 0.15) is 58.3 Å². The molecule has 3 aliphatic heterocycles. The molecular weight excluding hydrogens is 767 g/mol. The molecule has 1 spiro atoms. The Hall–Kier alpha value is -6.40. The molecule has 0 saturated carbocycles. The van der Waals surface area contributed by atoms with Crippen molar-refractivity contribution < 1.29 is 0 Å².